The van der Waals surface area contributed by atoms with Crippen LogP contribution in [0.1, 0.15) is 0 Å². The number of quaternary nitrogens is 1. The van der Waals surface area contributed by atoms with Crippen molar-refractivity contribution in [1.29, 1.82) is 0 Å². The monoisotopic (exact) mass is 373 g/mol. The van der Waals surface area contributed by atoms with Crippen molar-refractivity contribution in [3.63, 3.8) is 0 Å². The quantitative estimate of drug-likeness (QED) is 0.653. The Labute approximate surface area is 155 Å². The van der Waals surface area contributed by atoms with E-state index in [0.717, 1.165) is 26.2 Å². The van der Waals surface area contributed by atoms with Crippen molar-refractivity contribution in [3.05, 3.63) is 64.3 Å². The number of aromatic nitrogens is 5. The van der Waals surface area contributed by atoms with Gasteiger partial charge in [0.2, 0.25) is 0 Å². The van der Waals surface area contributed by atoms with Crippen molar-refractivity contribution in [1.82, 2.24) is 19.8 Å². The maximum atomic E-state index is 12.6. The number of hydrogen-bond donors (Lipinski definition) is 1. The summed E-state index contributed by atoms with van der Waals surface area (Å²) in [4.78, 5) is 19.3. The van der Waals surface area contributed by atoms with Gasteiger partial charge >= 0.3 is 5.69 Å². The van der Waals surface area contributed by atoms with E-state index in [0.29, 0.717) is 17.4 Å². The maximum absolute atomic E-state index is 12.6. The van der Waals surface area contributed by atoms with Crippen LogP contribution < -0.4 is 20.5 Å². The number of halogens is 1. The Morgan fingerprint density at radius 3 is 2.54 bits per heavy atom. The first-order valence-corrected chi connectivity index (χ1v) is 8.92. The maximum Gasteiger partial charge on any atom is 0.373 e. The predicted octanol–water partition coefficient (Wildman–Crippen LogP) is -0.741. The Balaban J connectivity index is 1.43. The number of pyridine rings is 1. The zero-order chi connectivity index (χ0) is 17.9. The third kappa shape index (κ3) is 3.33. The normalized spacial score (nSPS) is 15.3. The van der Waals surface area contributed by atoms with E-state index in [-0.39, 0.29) is 5.69 Å². The molecule has 0 saturated carbocycles. The number of anilines is 1. The van der Waals surface area contributed by atoms with Crippen LogP contribution in [0.15, 0.2) is 53.6 Å². The largest absolute Gasteiger partial charge is 0.373 e. The first kappa shape index (κ1) is 16.7. The molecule has 0 bridgehead atoms. The van der Waals surface area contributed by atoms with Gasteiger partial charge in [-0.3, -0.25) is 0 Å². The van der Waals surface area contributed by atoms with Gasteiger partial charge in [0.05, 0.1) is 36.9 Å². The van der Waals surface area contributed by atoms with Crippen LogP contribution in [-0.4, -0.2) is 46.0 Å². The summed E-state index contributed by atoms with van der Waals surface area (Å²) < 4.78 is 2.66. The van der Waals surface area contributed by atoms with Gasteiger partial charge in [0.25, 0.3) is 0 Å². The lowest BCUT2D eigenvalue weighted by molar-refractivity contribution is -0.924. The number of hydrogen-bond acceptors (Lipinski definition) is 4. The summed E-state index contributed by atoms with van der Waals surface area (Å²) in [6.45, 7) is 4.24. The van der Waals surface area contributed by atoms with Crippen LogP contribution >= 0.6 is 11.6 Å². The molecular formula is C17H20ClN7O+2. The SMILES string of the molecule is O=c1n(C[NH+]2CCN(c3cc[nH+]cc3)CC2)nnn1-c1ccccc1Cl. The molecule has 26 heavy (non-hydrogen) atoms. The second-order valence-corrected chi connectivity index (χ2v) is 6.68. The van der Waals surface area contributed by atoms with E-state index in [1.54, 1.807) is 12.1 Å². The summed E-state index contributed by atoms with van der Waals surface area (Å²) in [6.07, 6.45) is 3.86. The number of H-pyrrole nitrogens is 1. The molecule has 9 heteroatoms. The van der Waals surface area contributed by atoms with E-state index in [4.69, 9.17) is 11.6 Å². The molecule has 1 aliphatic heterocycles. The van der Waals surface area contributed by atoms with Crippen LogP contribution in [0.2, 0.25) is 5.02 Å². The van der Waals surface area contributed by atoms with Crippen LogP contribution in [0.3, 0.4) is 0 Å². The molecule has 8 nitrogen and oxygen atoms in total. The van der Waals surface area contributed by atoms with Crippen LogP contribution in [0.5, 0.6) is 0 Å². The fourth-order valence-corrected chi connectivity index (χ4v) is 3.40. The molecule has 0 atom stereocenters. The molecule has 2 N–H and O–H groups in total. The lowest BCUT2D eigenvalue weighted by Gasteiger charge is -2.32. The minimum absolute atomic E-state index is 0.272. The molecule has 0 aliphatic carbocycles. The molecule has 134 valence electrons. The molecule has 1 fully saturated rings. The van der Waals surface area contributed by atoms with Crippen molar-refractivity contribution in [2.24, 2.45) is 0 Å². The Morgan fingerprint density at radius 2 is 1.81 bits per heavy atom. The number of benzene rings is 1. The topological polar surface area (TPSA) is 74.5 Å². The molecule has 0 spiro atoms. The van der Waals surface area contributed by atoms with Gasteiger partial charge in [0, 0.05) is 17.8 Å². The Bertz CT molecular complexity index is 932. The van der Waals surface area contributed by atoms with E-state index >= 15 is 0 Å². The fraction of sp³-hybridized carbons (Fsp3) is 0.294. The molecule has 1 aromatic carbocycles. The Hall–Kier alpha value is -2.71. The first-order chi connectivity index (χ1) is 12.7. The van der Waals surface area contributed by atoms with E-state index in [2.05, 4.69) is 32.4 Å². The van der Waals surface area contributed by atoms with Crippen molar-refractivity contribution in [2.45, 2.75) is 6.67 Å². The molecule has 1 saturated heterocycles. The first-order valence-electron chi connectivity index (χ1n) is 8.55. The van der Waals surface area contributed by atoms with Gasteiger partial charge in [-0.2, -0.15) is 4.68 Å². The smallest absolute Gasteiger partial charge is 0.360 e. The lowest BCUT2D eigenvalue weighted by atomic mass is 10.3. The average molecular weight is 374 g/mol. The molecule has 0 amide bonds. The van der Waals surface area contributed by atoms with Gasteiger partial charge < -0.3 is 9.80 Å². The molecule has 0 unspecified atom stereocenters. The second kappa shape index (κ2) is 7.27. The Kier molecular flexibility index (Phi) is 4.68. The van der Waals surface area contributed by atoms with E-state index in [9.17, 15) is 4.79 Å². The molecular weight excluding hydrogens is 354 g/mol. The highest BCUT2D eigenvalue weighted by molar-refractivity contribution is 6.32. The van der Waals surface area contributed by atoms with E-state index in [1.807, 2.05) is 24.5 Å². The van der Waals surface area contributed by atoms with E-state index < -0.39 is 0 Å². The number of rotatable bonds is 4. The van der Waals surface area contributed by atoms with Crippen LogP contribution in [-0.2, 0) is 6.67 Å². The fourth-order valence-electron chi connectivity index (χ4n) is 3.19. The highest BCUT2D eigenvalue weighted by Gasteiger charge is 2.22. The third-order valence-corrected chi connectivity index (χ3v) is 4.95. The highest BCUT2D eigenvalue weighted by atomic mass is 35.5. The van der Waals surface area contributed by atoms with Crippen molar-refractivity contribution in [2.75, 3.05) is 31.1 Å². The molecule has 3 aromatic rings. The zero-order valence-electron chi connectivity index (χ0n) is 14.2. The number of aromatic amines is 1. The predicted molar refractivity (Wildman–Crippen MR) is 96.5 cm³/mol. The number of nitrogens with one attached hydrogen (secondary N) is 2. The van der Waals surface area contributed by atoms with Gasteiger partial charge in [-0.1, -0.05) is 23.7 Å². The summed E-state index contributed by atoms with van der Waals surface area (Å²) >= 11 is 6.16. The molecule has 1 aliphatic rings. The van der Waals surface area contributed by atoms with Gasteiger partial charge in [-0.25, -0.2) is 9.78 Å². The van der Waals surface area contributed by atoms with Crippen molar-refractivity contribution >= 4 is 17.3 Å². The summed E-state index contributed by atoms with van der Waals surface area (Å²) in [5, 5.41) is 8.48. The number of tetrazole rings is 1. The van der Waals surface area contributed by atoms with Gasteiger partial charge in [-0.15, -0.1) is 4.68 Å². The summed E-state index contributed by atoms with van der Waals surface area (Å²) in [5.74, 6) is 0. The van der Waals surface area contributed by atoms with E-state index in [1.165, 1.54) is 20.0 Å². The third-order valence-electron chi connectivity index (χ3n) is 4.63. The summed E-state index contributed by atoms with van der Waals surface area (Å²) in [6, 6.07) is 11.3. The van der Waals surface area contributed by atoms with Crippen molar-refractivity contribution < 1.29 is 9.88 Å². The Morgan fingerprint density at radius 1 is 1.08 bits per heavy atom. The molecule has 0 radical (unpaired) electrons. The van der Waals surface area contributed by atoms with Gasteiger partial charge in [-0.05, 0) is 22.6 Å². The second-order valence-electron chi connectivity index (χ2n) is 6.28. The van der Waals surface area contributed by atoms with Gasteiger partial charge in [0.1, 0.15) is 0 Å². The van der Waals surface area contributed by atoms with Gasteiger partial charge in [0.15, 0.2) is 19.1 Å². The zero-order valence-corrected chi connectivity index (χ0v) is 14.9. The van der Waals surface area contributed by atoms with Crippen molar-refractivity contribution in [3.8, 4) is 5.69 Å². The minimum atomic E-state index is -0.272. The molecule has 2 aromatic heterocycles. The summed E-state index contributed by atoms with van der Waals surface area (Å²) in [7, 11) is 0. The van der Waals surface area contributed by atoms with Crippen LogP contribution in [0, 0.1) is 0 Å². The lowest BCUT2D eigenvalue weighted by Crippen LogP contribution is -3.14. The van der Waals surface area contributed by atoms with Crippen LogP contribution in [0.4, 0.5) is 5.69 Å². The highest BCUT2D eigenvalue weighted by Crippen LogP contribution is 2.16. The number of para-hydroxylation sites is 1. The number of nitrogens with zero attached hydrogens (tertiary/aromatic N) is 5. The summed E-state index contributed by atoms with van der Waals surface area (Å²) in [5.41, 5.74) is 1.49. The minimum Gasteiger partial charge on any atom is -0.360 e. The van der Waals surface area contributed by atoms with Crippen LogP contribution in [0.25, 0.3) is 5.69 Å². The standard InChI is InChI=1S/C17H18ClN7O/c18-15-3-1-2-4-16(15)25-17(26)24(20-21-25)13-22-9-11-23(12-10-22)14-5-7-19-8-6-14/h1-8H,9-13H2/p+2. The number of piperazine rings is 1. The molecule has 3 heterocycles. The average Bonchev–Trinajstić information content (AvgIpc) is 3.04. The molecule has 4 rings (SSSR count).